The van der Waals surface area contributed by atoms with Gasteiger partial charge in [0.1, 0.15) is 0 Å². The summed E-state index contributed by atoms with van der Waals surface area (Å²) in [5, 5.41) is 15.9. The van der Waals surface area contributed by atoms with Crippen LogP contribution in [0.5, 0.6) is 0 Å². The molecular formula is C14H21N7O. The van der Waals surface area contributed by atoms with Crippen LogP contribution in [0.25, 0.3) is 5.65 Å². The lowest BCUT2D eigenvalue weighted by atomic mass is 10.0. The molecule has 2 aliphatic heterocycles. The fourth-order valence-corrected chi connectivity index (χ4v) is 3.45. The van der Waals surface area contributed by atoms with Crippen molar-refractivity contribution in [3.63, 3.8) is 0 Å². The van der Waals surface area contributed by atoms with Crippen molar-refractivity contribution in [2.45, 2.75) is 31.9 Å². The number of fused-ring (bicyclic) bond motifs is 1. The standard InChI is InChI=1S/C14H21N7O/c1-11-10-20(8-9-22-11)12-4-6-19(7-5-12)14-3-2-13-15-17-18-21(13)16-14/h2-3,11-12H,4-10H2,1H3/t11-/m0/s1. The van der Waals surface area contributed by atoms with Crippen LogP contribution in [0, 0.1) is 0 Å². The van der Waals surface area contributed by atoms with Crippen LogP contribution in [0.15, 0.2) is 12.1 Å². The highest BCUT2D eigenvalue weighted by atomic mass is 16.5. The zero-order valence-electron chi connectivity index (χ0n) is 12.8. The van der Waals surface area contributed by atoms with Gasteiger partial charge >= 0.3 is 0 Å². The SMILES string of the molecule is C[C@H]1CN(C2CCN(c3ccc4nnnn4n3)CC2)CCO1. The molecule has 0 aliphatic carbocycles. The van der Waals surface area contributed by atoms with E-state index < -0.39 is 0 Å². The Morgan fingerprint density at radius 1 is 1.18 bits per heavy atom. The van der Waals surface area contributed by atoms with Gasteiger partial charge in [-0.2, -0.15) is 0 Å². The molecule has 0 saturated carbocycles. The van der Waals surface area contributed by atoms with E-state index in [0.29, 0.717) is 17.8 Å². The molecule has 0 aromatic carbocycles. The zero-order valence-corrected chi connectivity index (χ0v) is 12.8. The molecule has 0 N–H and O–H groups in total. The summed E-state index contributed by atoms with van der Waals surface area (Å²) in [4.78, 5) is 4.91. The average molecular weight is 303 g/mol. The fraction of sp³-hybridized carbons (Fsp3) is 0.714. The first-order chi connectivity index (χ1) is 10.8. The molecule has 2 fully saturated rings. The second kappa shape index (κ2) is 5.77. The molecule has 2 aliphatic rings. The minimum Gasteiger partial charge on any atom is -0.376 e. The van der Waals surface area contributed by atoms with E-state index in [9.17, 15) is 0 Å². The maximum Gasteiger partial charge on any atom is 0.200 e. The number of rotatable bonds is 2. The molecule has 2 saturated heterocycles. The topological polar surface area (TPSA) is 71.7 Å². The first-order valence-corrected chi connectivity index (χ1v) is 7.95. The monoisotopic (exact) mass is 303 g/mol. The minimum absolute atomic E-state index is 0.357. The molecule has 0 spiro atoms. The molecule has 8 heteroatoms. The Balaban J connectivity index is 1.40. The number of hydrogen-bond donors (Lipinski definition) is 0. The molecule has 22 heavy (non-hydrogen) atoms. The van der Waals surface area contributed by atoms with Gasteiger partial charge in [0.2, 0.25) is 0 Å². The van der Waals surface area contributed by atoms with E-state index in [1.54, 1.807) is 0 Å². The summed E-state index contributed by atoms with van der Waals surface area (Å²) in [5.41, 5.74) is 0.681. The number of morpholine rings is 1. The Hall–Kier alpha value is -1.80. The molecule has 2 aromatic heterocycles. The fourth-order valence-electron chi connectivity index (χ4n) is 3.45. The van der Waals surface area contributed by atoms with E-state index in [1.165, 1.54) is 17.5 Å². The van der Waals surface area contributed by atoms with Crippen LogP contribution in [-0.2, 0) is 4.74 Å². The maximum atomic E-state index is 5.64. The van der Waals surface area contributed by atoms with Crippen LogP contribution in [0.2, 0.25) is 0 Å². The van der Waals surface area contributed by atoms with Crippen molar-refractivity contribution in [1.82, 2.24) is 30.2 Å². The summed E-state index contributed by atoms with van der Waals surface area (Å²) in [6.07, 6.45) is 2.69. The zero-order chi connectivity index (χ0) is 14.9. The summed E-state index contributed by atoms with van der Waals surface area (Å²) in [6, 6.07) is 4.58. The lowest BCUT2D eigenvalue weighted by Crippen LogP contribution is -2.51. The summed E-state index contributed by atoms with van der Waals surface area (Å²) in [7, 11) is 0. The minimum atomic E-state index is 0.357. The smallest absolute Gasteiger partial charge is 0.200 e. The van der Waals surface area contributed by atoms with Gasteiger partial charge in [0.15, 0.2) is 11.5 Å². The van der Waals surface area contributed by atoms with Crippen LogP contribution in [0.3, 0.4) is 0 Å². The molecule has 0 bridgehead atoms. The predicted octanol–water partition coefficient (Wildman–Crippen LogP) is 0.209. The number of nitrogens with zero attached hydrogens (tertiary/aromatic N) is 7. The molecule has 8 nitrogen and oxygen atoms in total. The normalized spacial score (nSPS) is 25.0. The number of hydrogen-bond acceptors (Lipinski definition) is 7. The van der Waals surface area contributed by atoms with Gasteiger partial charge in [-0.1, -0.05) is 0 Å². The lowest BCUT2D eigenvalue weighted by molar-refractivity contribution is -0.0373. The molecule has 0 radical (unpaired) electrons. The number of anilines is 1. The van der Waals surface area contributed by atoms with Gasteiger partial charge in [-0.05, 0) is 42.3 Å². The van der Waals surface area contributed by atoms with Crippen molar-refractivity contribution >= 4 is 11.5 Å². The molecule has 2 aromatic rings. The van der Waals surface area contributed by atoms with E-state index in [2.05, 4.69) is 37.3 Å². The first-order valence-electron chi connectivity index (χ1n) is 7.95. The molecule has 1 atom stereocenters. The van der Waals surface area contributed by atoms with Gasteiger partial charge in [0.25, 0.3) is 0 Å². The van der Waals surface area contributed by atoms with Gasteiger partial charge in [-0.3, -0.25) is 4.90 Å². The predicted molar refractivity (Wildman–Crippen MR) is 80.8 cm³/mol. The van der Waals surface area contributed by atoms with E-state index in [0.717, 1.165) is 38.6 Å². The maximum absolute atomic E-state index is 5.64. The lowest BCUT2D eigenvalue weighted by Gasteiger charge is -2.41. The molecule has 118 valence electrons. The van der Waals surface area contributed by atoms with Crippen LogP contribution >= 0.6 is 0 Å². The Morgan fingerprint density at radius 3 is 2.86 bits per heavy atom. The van der Waals surface area contributed by atoms with Crippen LogP contribution in [0.4, 0.5) is 5.82 Å². The van der Waals surface area contributed by atoms with Gasteiger partial charge < -0.3 is 9.64 Å². The molecule has 4 rings (SSSR count). The quantitative estimate of drug-likeness (QED) is 0.785. The van der Waals surface area contributed by atoms with E-state index in [1.807, 2.05) is 12.1 Å². The Morgan fingerprint density at radius 2 is 2.05 bits per heavy atom. The summed E-state index contributed by atoms with van der Waals surface area (Å²) in [6.45, 7) is 7.18. The third-order valence-electron chi connectivity index (χ3n) is 4.63. The third-order valence-corrected chi connectivity index (χ3v) is 4.63. The van der Waals surface area contributed by atoms with Gasteiger partial charge in [-0.15, -0.1) is 14.8 Å². The second-order valence-electron chi connectivity index (χ2n) is 6.11. The molecule has 0 unspecified atom stereocenters. The summed E-state index contributed by atoms with van der Waals surface area (Å²) < 4.78 is 7.13. The van der Waals surface area contributed by atoms with Gasteiger partial charge in [-0.25, -0.2) is 0 Å². The summed E-state index contributed by atoms with van der Waals surface area (Å²) >= 11 is 0. The van der Waals surface area contributed by atoms with Crippen molar-refractivity contribution < 1.29 is 4.74 Å². The van der Waals surface area contributed by atoms with E-state index >= 15 is 0 Å². The first kappa shape index (κ1) is 13.8. The number of ether oxygens (including phenoxy) is 1. The van der Waals surface area contributed by atoms with Crippen LogP contribution < -0.4 is 4.90 Å². The van der Waals surface area contributed by atoms with Crippen LogP contribution in [-0.4, -0.2) is 75.1 Å². The number of piperidine rings is 1. The Kier molecular flexibility index (Phi) is 3.63. The van der Waals surface area contributed by atoms with E-state index in [-0.39, 0.29) is 0 Å². The van der Waals surface area contributed by atoms with E-state index in [4.69, 9.17) is 4.74 Å². The molecule has 0 amide bonds. The Labute approximate surface area is 129 Å². The average Bonchev–Trinajstić information content (AvgIpc) is 3.02. The van der Waals surface area contributed by atoms with Crippen molar-refractivity contribution in [3.05, 3.63) is 12.1 Å². The summed E-state index contributed by atoms with van der Waals surface area (Å²) in [5.74, 6) is 0.952. The second-order valence-corrected chi connectivity index (χ2v) is 6.11. The highest BCUT2D eigenvalue weighted by molar-refractivity contribution is 5.44. The van der Waals surface area contributed by atoms with Crippen molar-refractivity contribution in [3.8, 4) is 0 Å². The van der Waals surface area contributed by atoms with Gasteiger partial charge in [0.05, 0.1) is 12.7 Å². The largest absolute Gasteiger partial charge is 0.376 e. The van der Waals surface area contributed by atoms with Crippen molar-refractivity contribution in [2.75, 3.05) is 37.7 Å². The molecular weight excluding hydrogens is 282 g/mol. The number of tetrazole rings is 1. The van der Waals surface area contributed by atoms with Crippen LogP contribution in [0.1, 0.15) is 19.8 Å². The highest BCUT2D eigenvalue weighted by Gasteiger charge is 2.28. The third kappa shape index (κ3) is 2.64. The Bertz CT molecular complexity index is 637. The van der Waals surface area contributed by atoms with Crippen molar-refractivity contribution in [1.29, 1.82) is 0 Å². The number of aromatic nitrogens is 5. The molecule has 4 heterocycles. The highest BCUT2D eigenvalue weighted by Crippen LogP contribution is 2.22. The van der Waals surface area contributed by atoms with Crippen molar-refractivity contribution in [2.24, 2.45) is 0 Å². The van der Waals surface area contributed by atoms with Gasteiger partial charge in [0, 0.05) is 32.2 Å².